The highest BCUT2D eigenvalue weighted by Gasteiger charge is 2.18. The summed E-state index contributed by atoms with van der Waals surface area (Å²) in [6, 6.07) is 35.0. The molecule has 0 atom stereocenters. The monoisotopic (exact) mass is 567 g/mol. The van der Waals surface area contributed by atoms with E-state index in [1.54, 1.807) is 0 Å². The maximum absolute atomic E-state index is 6.37. The van der Waals surface area contributed by atoms with Crippen molar-refractivity contribution in [3.05, 3.63) is 133 Å². The van der Waals surface area contributed by atoms with E-state index < -0.39 is 0 Å². The lowest BCUT2D eigenvalue weighted by atomic mass is 9.92. The average molecular weight is 568 g/mol. The van der Waals surface area contributed by atoms with Gasteiger partial charge in [-0.2, -0.15) is 4.98 Å². The fourth-order valence-electron chi connectivity index (χ4n) is 5.42. The number of hydrogen-bond acceptors (Lipinski definition) is 4. The largest absolute Gasteiger partial charge is 0.437 e. The number of ether oxygens (including phenoxy) is 1. The molecule has 0 fully saturated rings. The molecule has 0 amide bonds. The second-order valence-electron chi connectivity index (χ2n) is 11.4. The third-order valence-corrected chi connectivity index (χ3v) is 7.68. The molecule has 0 aliphatic heterocycles. The van der Waals surface area contributed by atoms with Crippen molar-refractivity contribution < 1.29 is 4.74 Å². The Kier molecular flexibility index (Phi) is 7.84. The van der Waals surface area contributed by atoms with Gasteiger partial charge in [-0.3, -0.25) is 4.57 Å². The van der Waals surface area contributed by atoms with Crippen molar-refractivity contribution in [1.29, 1.82) is 0 Å². The van der Waals surface area contributed by atoms with E-state index in [9.17, 15) is 0 Å². The van der Waals surface area contributed by atoms with Gasteiger partial charge in [0.05, 0.1) is 23.9 Å². The predicted molar refractivity (Wildman–Crippen MR) is 175 cm³/mol. The Bertz CT molecular complexity index is 1790. The number of anilines is 2. The van der Waals surface area contributed by atoms with Gasteiger partial charge in [-0.15, -0.1) is 0 Å². The van der Waals surface area contributed by atoms with Crippen LogP contribution in [-0.2, 0) is 0 Å². The zero-order valence-corrected chi connectivity index (χ0v) is 25.3. The summed E-state index contributed by atoms with van der Waals surface area (Å²) in [5.41, 5.74) is 7.76. The van der Waals surface area contributed by atoms with Gasteiger partial charge in [0, 0.05) is 30.2 Å². The Hall–Kier alpha value is -5.10. The van der Waals surface area contributed by atoms with Crippen molar-refractivity contribution in [2.24, 2.45) is 0 Å². The van der Waals surface area contributed by atoms with Crippen LogP contribution in [0.25, 0.3) is 22.6 Å². The molecule has 0 spiro atoms. The highest BCUT2D eigenvalue weighted by Crippen LogP contribution is 2.34. The van der Waals surface area contributed by atoms with Gasteiger partial charge in [0.1, 0.15) is 5.75 Å². The topological polar surface area (TPSA) is 48.1 Å². The molecule has 4 aromatic carbocycles. The normalized spacial score (nSPS) is 11.3. The van der Waals surface area contributed by atoms with Crippen LogP contribution in [-0.4, -0.2) is 26.1 Å². The Morgan fingerprint density at radius 2 is 1.37 bits per heavy atom. The van der Waals surface area contributed by atoms with Crippen molar-refractivity contribution in [3.8, 4) is 34.3 Å². The molecule has 6 nitrogen and oxygen atoms in total. The zero-order chi connectivity index (χ0) is 29.9. The second kappa shape index (κ2) is 12.0. The third kappa shape index (κ3) is 5.82. The van der Waals surface area contributed by atoms with Crippen LogP contribution in [0.1, 0.15) is 50.7 Å². The van der Waals surface area contributed by atoms with Crippen molar-refractivity contribution in [2.45, 2.75) is 39.5 Å². The van der Waals surface area contributed by atoms with E-state index in [0.29, 0.717) is 23.5 Å². The van der Waals surface area contributed by atoms with Gasteiger partial charge in [0.2, 0.25) is 11.8 Å². The molecule has 0 radical (unpaired) electrons. The molecule has 2 aromatic heterocycles. The molecule has 0 saturated carbocycles. The Balaban J connectivity index is 1.32. The third-order valence-electron chi connectivity index (χ3n) is 7.68. The van der Waals surface area contributed by atoms with Crippen LogP contribution in [0.5, 0.6) is 11.6 Å². The number of rotatable bonds is 9. The molecule has 0 unspecified atom stereocenters. The lowest BCUT2D eigenvalue weighted by Crippen LogP contribution is -2.14. The fourth-order valence-corrected chi connectivity index (χ4v) is 5.42. The summed E-state index contributed by atoms with van der Waals surface area (Å²) < 4.78 is 10.6. The van der Waals surface area contributed by atoms with Crippen LogP contribution in [0.4, 0.5) is 11.6 Å². The summed E-state index contributed by atoms with van der Waals surface area (Å²) in [4.78, 5) is 11.8. The van der Waals surface area contributed by atoms with Crippen molar-refractivity contribution >= 4 is 11.6 Å². The van der Waals surface area contributed by atoms with Gasteiger partial charge in [-0.25, -0.2) is 4.98 Å². The molecular weight excluding hydrogens is 530 g/mol. The van der Waals surface area contributed by atoms with E-state index in [4.69, 9.17) is 14.7 Å². The quantitative estimate of drug-likeness (QED) is 0.175. The van der Waals surface area contributed by atoms with Crippen LogP contribution in [0, 0.1) is 0 Å². The predicted octanol–water partition coefficient (Wildman–Crippen LogP) is 9.53. The van der Waals surface area contributed by atoms with E-state index in [-0.39, 0.29) is 0 Å². The molecule has 0 N–H and O–H groups in total. The number of imidazole rings is 2. The summed E-state index contributed by atoms with van der Waals surface area (Å²) in [6.45, 7) is 8.96. The van der Waals surface area contributed by atoms with E-state index in [2.05, 4.69) is 91.9 Å². The number of hydrogen-bond donors (Lipinski definition) is 0. The minimum absolute atomic E-state index is 0.401. The summed E-state index contributed by atoms with van der Waals surface area (Å²) in [7, 11) is 2.01. The van der Waals surface area contributed by atoms with Crippen molar-refractivity contribution in [3.63, 3.8) is 0 Å². The van der Waals surface area contributed by atoms with Crippen LogP contribution < -0.4 is 9.64 Å². The molecule has 0 aliphatic carbocycles. The SMILES string of the molecule is CC(C)c1cccc(C(C)C)c1-n1cnc(-c2cccc(Oc3cn(-c4ccccc4)c(N(C)c4ccccc4)n3)c2)c1. The van der Waals surface area contributed by atoms with Crippen LogP contribution in [0.3, 0.4) is 0 Å². The van der Waals surface area contributed by atoms with Gasteiger partial charge in [-0.1, -0.05) is 94.4 Å². The number of aromatic nitrogens is 4. The van der Waals surface area contributed by atoms with Crippen molar-refractivity contribution in [1.82, 2.24) is 19.1 Å². The van der Waals surface area contributed by atoms with Gasteiger partial charge in [-0.05, 0) is 59.4 Å². The first kappa shape index (κ1) is 28.0. The molecule has 2 heterocycles. The van der Waals surface area contributed by atoms with Gasteiger partial charge < -0.3 is 14.2 Å². The highest BCUT2D eigenvalue weighted by atomic mass is 16.5. The maximum atomic E-state index is 6.37. The molecule has 0 saturated heterocycles. The minimum atomic E-state index is 0.401. The Morgan fingerprint density at radius 1 is 0.721 bits per heavy atom. The van der Waals surface area contributed by atoms with Gasteiger partial charge >= 0.3 is 0 Å². The summed E-state index contributed by atoms with van der Waals surface area (Å²) in [6.07, 6.45) is 5.97. The minimum Gasteiger partial charge on any atom is -0.437 e. The molecule has 6 aromatic rings. The van der Waals surface area contributed by atoms with Crippen LogP contribution >= 0.6 is 0 Å². The van der Waals surface area contributed by atoms with E-state index >= 15 is 0 Å². The average Bonchev–Trinajstić information content (AvgIpc) is 3.69. The first-order chi connectivity index (χ1) is 20.9. The summed E-state index contributed by atoms with van der Waals surface area (Å²) >= 11 is 0. The molecule has 6 heteroatoms. The molecule has 216 valence electrons. The van der Waals surface area contributed by atoms with Crippen LogP contribution in [0.15, 0.2) is 122 Å². The lowest BCUT2D eigenvalue weighted by Gasteiger charge is -2.20. The van der Waals surface area contributed by atoms with E-state index in [1.165, 1.54) is 16.8 Å². The summed E-state index contributed by atoms with van der Waals surface area (Å²) in [5.74, 6) is 2.77. The molecule has 0 aliphatic rings. The Labute approximate surface area is 253 Å². The number of nitrogens with zero attached hydrogens (tertiary/aromatic N) is 5. The standard InChI is InChI=1S/C37H37N5O/c1-26(2)32-20-13-21-33(27(3)4)36(32)41-23-34(38-25-41)28-14-12-19-31(22-28)43-35-24-42(30-17-10-7-11-18-30)37(39-35)40(5)29-15-8-6-9-16-29/h6-27H,1-5H3. The van der Waals surface area contributed by atoms with Gasteiger partial charge in [0.25, 0.3) is 0 Å². The molecule has 43 heavy (non-hydrogen) atoms. The first-order valence-corrected chi connectivity index (χ1v) is 14.8. The highest BCUT2D eigenvalue weighted by molar-refractivity contribution is 5.63. The van der Waals surface area contributed by atoms with E-state index in [1.807, 2.05) is 78.7 Å². The molecule has 6 rings (SSSR count). The van der Waals surface area contributed by atoms with Gasteiger partial charge in [0.15, 0.2) is 0 Å². The lowest BCUT2D eigenvalue weighted by molar-refractivity contribution is 0.466. The summed E-state index contributed by atoms with van der Waals surface area (Å²) in [5, 5.41) is 0. The number of benzene rings is 4. The maximum Gasteiger partial charge on any atom is 0.239 e. The number of para-hydroxylation sites is 3. The zero-order valence-electron chi connectivity index (χ0n) is 25.3. The van der Waals surface area contributed by atoms with Crippen molar-refractivity contribution in [2.75, 3.05) is 11.9 Å². The smallest absolute Gasteiger partial charge is 0.239 e. The fraction of sp³-hybridized carbons (Fsp3) is 0.189. The second-order valence-corrected chi connectivity index (χ2v) is 11.4. The Morgan fingerprint density at radius 3 is 2.05 bits per heavy atom. The first-order valence-electron chi connectivity index (χ1n) is 14.8. The molecular formula is C37H37N5O. The molecule has 0 bridgehead atoms. The van der Waals surface area contributed by atoms with Crippen LogP contribution in [0.2, 0.25) is 0 Å². The van der Waals surface area contributed by atoms with E-state index in [0.717, 1.165) is 28.6 Å².